The molecular formula is C29H31ClN2O4S. The van der Waals surface area contributed by atoms with Crippen molar-refractivity contribution in [2.24, 2.45) is 5.92 Å². The Kier molecular flexibility index (Phi) is 5.20. The number of ether oxygens (including phenoxy) is 1. The van der Waals surface area contributed by atoms with Crippen molar-refractivity contribution in [1.29, 1.82) is 0 Å². The first-order chi connectivity index (χ1) is 17.5. The van der Waals surface area contributed by atoms with Crippen LogP contribution in [-0.2, 0) is 11.8 Å². The van der Waals surface area contributed by atoms with Gasteiger partial charge in [-0.15, -0.1) is 23.7 Å². The monoisotopic (exact) mass is 538 g/mol. The normalized spacial score (nSPS) is 33.4. The Morgan fingerprint density at radius 2 is 2.03 bits per heavy atom. The van der Waals surface area contributed by atoms with E-state index in [1.807, 2.05) is 35.7 Å². The second-order valence-electron chi connectivity index (χ2n) is 11.6. The third-order valence-electron chi connectivity index (χ3n) is 9.79. The number of amides is 1. The molecule has 3 aliphatic carbocycles. The van der Waals surface area contributed by atoms with Crippen molar-refractivity contribution < 1.29 is 19.7 Å². The van der Waals surface area contributed by atoms with Gasteiger partial charge in [-0.3, -0.25) is 9.69 Å². The molecule has 1 amide bonds. The fourth-order valence-corrected chi connectivity index (χ4v) is 8.76. The number of halogens is 1. The van der Waals surface area contributed by atoms with Gasteiger partial charge in [-0.1, -0.05) is 6.07 Å². The van der Waals surface area contributed by atoms with Gasteiger partial charge in [0.25, 0.3) is 5.91 Å². The molecule has 0 radical (unpaired) electrons. The molecule has 1 spiro atoms. The highest BCUT2D eigenvalue weighted by atomic mass is 35.5. The molecule has 2 aromatic carbocycles. The Morgan fingerprint density at radius 1 is 1.16 bits per heavy atom. The van der Waals surface area contributed by atoms with Gasteiger partial charge in [-0.25, -0.2) is 0 Å². The third kappa shape index (κ3) is 3.14. The van der Waals surface area contributed by atoms with Crippen molar-refractivity contribution >= 4 is 39.7 Å². The summed E-state index contributed by atoms with van der Waals surface area (Å²) in [4.78, 5) is 15.9. The van der Waals surface area contributed by atoms with Gasteiger partial charge in [0.1, 0.15) is 6.10 Å². The number of thiophene rings is 1. The van der Waals surface area contributed by atoms with Crippen molar-refractivity contribution in [2.75, 3.05) is 13.1 Å². The van der Waals surface area contributed by atoms with E-state index >= 15 is 0 Å². The van der Waals surface area contributed by atoms with Crippen LogP contribution < -0.4 is 10.1 Å². The van der Waals surface area contributed by atoms with Crippen LogP contribution in [-0.4, -0.2) is 57.9 Å². The van der Waals surface area contributed by atoms with E-state index in [4.69, 9.17) is 4.74 Å². The van der Waals surface area contributed by atoms with E-state index in [9.17, 15) is 15.0 Å². The molecule has 2 aliphatic heterocycles. The molecule has 3 N–H and O–H groups in total. The second kappa shape index (κ2) is 8.09. The first-order valence-corrected chi connectivity index (χ1v) is 14.1. The van der Waals surface area contributed by atoms with Gasteiger partial charge in [0.2, 0.25) is 0 Å². The number of likely N-dealkylation sites (tertiary alicyclic amines) is 1. The minimum absolute atomic E-state index is 0. The number of nitrogens with one attached hydrogen (secondary N) is 1. The summed E-state index contributed by atoms with van der Waals surface area (Å²) in [6.07, 6.45) is 4.99. The number of fused-ring (bicyclic) bond motifs is 1. The van der Waals surface area contributed by atoms with E-state index in [2.05, 4.69) is 10.2 Å². The molecule has 37 heavy (non-hydrogen) atoms. The summed E-state index contributed by atoms with van der Waals surface area (Å²) in [5.41, 5.74) is 1.26. The summed E-state index contributed by atoms with van der Waals surface area (Å²) in [5.74, 6) is 1.29. The molecule has 3 heterocycles. The number of carbonyl (C=O) groups is 1. The largest absolute Gasteiger partial charge is 0.504 e. The Morgan fingerprint density at radius 3 is 2.86 bits per heavy atom. The maximum Gasteiger partial charge on any atom is 0.251 e. The van der Waals surface area contributed by atoms with Crippen LogP contribution in [0.25, 0.3) is 10.1 Å². The number of aliphatic hydroxyl groups is 1. The average Bonchev–Trinajstić information content (AvgIpc) is 3.42. The highest BCUT2D eigenvalue weighted by Gasteiger charge is 2.73. The molecule has 2 saturated carbocycles. The molecular weight excluding hydrogens is 508 g/mol. The minimum atomic E-state index is -0.937. The van der Waals surface area contributed by atoms with Gasteiger partial charge in [-0.05, 0) is 97.6 Å². The third-order valence-corrected chi connectivity index (χ3v) is 10.7. The van der Waals surface area contributed by atoms with E-state index in [1.54, 1.807) is 17.4 Å². The standard InChI is InChI=1S/C29H30N2O4S.ClH/c32-21-5-3-18-14-23-29(34)9-7-20(30-27(33)19-4-6-22-17(13-19)8-12-36-22)26-28(29,24(18)25(21)35-26)10-11-31(23)15-16-1-2-16;/h3-6,8,12-13,16,20,23,26,32,34H,1-2,7,9-11,14-15H2,(H,30,33);1H/t20-,23+,26-,28-,29+;/m0./s1. The number of phenols is 1. The van der Waals surface area contributed by atoms with Gasteiger partial charge in [0.05, 0.1) is 17.1 Å². The minimum Gasteiger partial charge on any atom is -0.504 e. The second-order valence-corrected chi connectivity index (χ2v) is 12.5. The van der Waals surface area contributed by atoms with Gasteiger partial charge < -0.3 is 20.3 Å². The van der Waals surface area contributed by atoms with Gasteiger partial charge in [0, 0.05) is 28.4 Å². The average molecular weight is 539 g/mol. The van der Waals surface area contributed by atoms with Gasteiger partial charge in [-0.2, -0.15) is 0 Å². The van der Waals surface area contributed by atoms with Gasteiger partial charge >= 0.3 is 0 Å². The highest BCUT2D eigenvalue weighted by molar-refractivity contribution is 7.17. The number of phenolic OH excluding ortho intramolecular Hbond substituents is 1. The van der Waals surface area contributed by atoms with Gasteiger partial charge in [0.15, 0.2) is 11.5 Å². The number of nitrogens with zero attached hydrogens (tertiary/aromatic N) is 1. The number of rotatable bonds is 4. The van der Waals surface area contributed by atoms with E-state index < -0.39 is 17.1 Å². The number of hydrogen-bond donors (Lipinski definition) is 3. The summed E-state index contributed by atoms with van der Waals surface area (Å²) >= 11 is 1.67. The van der Waals surface area contributed by atoms with Crippen molar-refractivity contribution in [2.45, 2.75) is 67.7 Å². The summed E-state index contributed by atoms with van der Waals surface area (Å²) in [6, 6.07) is 11.4. The Balaban J connectivity index is 0.00000231. The number of hydrogen-bond acceptors (Lipinski definition) is 6. The molecule has 8 rings (SSSR count). The molecule has 194 valence electrons. The van der Waals surface area contributed by atoms with Crippen LogP contribution in [0.5, 0.6) is 11.5 Å². The van der Waals surface area contributed by atoms with Crippen molar-refractivity contribution in [1.82, 2.24) is 10.2 Å². The lowest BCUT2D eigenvalue weighted by Crippen LogP contribution is -2.78. The molecule has 1 saturated heterocycles. The van der Waals surface area contributed by atoms with E-state index in [0.717, 1.165) is 47.5 Å². The molecule has 3 fully saturated rings. The van der Waals surface area contributed by atoms with Crippen LogP contribution in [0.1, 0.15) is 53.6 Å². The van der Waals surface area contributed by atoms with Crippen LogP contribution >= 0.6 is 23.7 Å². The number of aromatic hydroxyl groups is 1. The zero-order valence-electron chi connectivity index (χ0n) is 20.5. The summed E-state index contributed by atoms with van der Waals surface area (Å²) < 4.78 is 7.73. The predicted molar refractivity (Wildman–Crippen MR) is 145 cm³/mol. The zero-order chi connectivity index (χ0) is 24.2. The van der Waals surface area contributed by atoms with Crippen LogP contribution in [0.15, 0.2) is 41.8 Å². The van der Waals surface area contributed by atoms with E-state index in [0.29, 0.717) is 24.2 Å². The molecule has 1 aromatic heterocycles. The Labute approximate surface area is 226 Å². The number of piperidine rings is 1. The highest BCUT2D eigenvalue weighted by Crippen LogP contribution is 2.65. The van der Waals surface area contributed by atoms with E-state index in [-0.39, 0.29) is 36.1 Å². The van der Waals surface area contributed by atoms with E-state index in [1.165, 1.54) is 18.4 Å². The lowest BCUT2D eigenvalue weighted by molar-refractivity contribution is -0.191. The fourth-order valence-electron chi connectivity index (χ4n) is 7.99. The topological polar surface area (TPSA) is 82.0 Å². The quantitative estimate of drug-likeness (QED) is 0.459. The molecule has 6 nitrogen and oxygen atoms in total. The molecule has 8 heteroatoms. The first-order valence-electron chi connectivity index (χ1n) is 13.2. The SMILES string of the molecule is Cl.O=C(N[C@H]1CC[C@@]2(O)[C@H]3Cc4ccc(O)c5c4[C@@]2(CCN3CC2CC2)[C@H]1O5)c1ccc2sccc2c1. The Hall–Kier alpha value is -2.32. The molecule has 5 atom stereocenters. The summed E-state index contributed by atoms with van der Waals surface area (Å²) in [7, 11) is 0. The molecule has 0 unspecified atom stereocenters. The number of carbonyl (C=O) groups excluding carboxylic acids is 1. The predicted octanol–water partition coefficient (Wildman–Crippen LogP) is 4.39. The van der Waals surface area contributed by atoms with Crippen molar-refractivity contribution in [3.8, 4) is 11.5 Å². The van der Waals surface area contributed by atoms with Crippen molar-refractivity contribution in [3.63, 3.8) is 0 Å². The molecule has 5 aliphatic rings. The van der Waals surface area contributed by atoms with Crippen LogP contribution in [0, 0.1) is 5.92 Å². The Bertz CT molecular complexity index is 1420. The maximum atomic E-state index is 13.4. The van der Waals surface area contributed by atoms with Crippen molar-refractivity contribution in [3.05, 3.63) is 58.5 Å². The maximum absolute atomic E-state index is 13.4. The lowest BCUT2D eigenvalue weighted by atomic mass is 9.48. The van der Waals surface area contributed by atoms with Crippen LogP contribution in [0.2, 0.25) is 0 Å². The fraction of sp³-hybridized carbons (Fsp3) is 0.483. The van der Waals surface area contributed by atoms with Crippen LogP contribution in [0.4, 0.5) is 0 Å². The lowest BCUT2D eigenvalue weighted by Gasteiger charge is -2.64. The molecule has 2 bridgehead atoms. The number of benzene rings is 2. The summed E-state index contributed by atoms with van der Waals surface area (Å²) in [6.45, 7) is 1.97. The first kappa shape index (κ1) is 23.8. The zero-order valence-corrected chi connectivity index (χ0v) is 22.1. The smallest absolute Gasteiger partial charge is 0.251 e. The van der Waals surface area contributed by atoms with Crippen LogP contribution in [0.3, 0.4) is 0 Å². The molecule has 3 aromatic rings. The summed E-state index contributed by atoms with van der Waals surface area (Å²) in [5, 5.41) is 29.7.